The van der Waals surface area contributed by atoms with Gasteiger partial charge < -0.3 is 14.8 Å². The number of fused-ring (bicyclic) bond motifs is 2. The van der Waals surface area contributed by atoms with Gasteiger partial charge in [-0.3, -0.25) is 9.78 Å². The summed E-state index contributed by atoms with van der Waals surface area (Å²) in [4.78, 5) is 34.1. The molecule has 0 radical (unpaired) electrons. The Morgan fingerprint density at radius 2 is 2.00 bits per heavy atom. The smallest absolute Gasteiger partial charge is 0.223 e. The van der Waals surface area contributed by atoms with Crippen LogP contribution in [0.25, 0.3) is 0 Å². The van der Waals surface area contributed by atoms with Gasteiger partial charge in [-0.15, -0.1) is 0 Å². The molecule has 7 heteroatoms. The lowest BCUT2D eigenvalue weighted by atomic mass is 9.78. The third-order valence-electron chi connectivity index (χ3n) is 5.81. The number of imidazole rings is 1. The minimum atomic E-state index is -0.289. The maximum absolute atomic E-state index is 12.7. The first-order chi connectivity index (χ1) is 12.5. The fourth-order valence-electron chi connectivity index (χ4n) is 4.45. The minimum Gasteiger partial charge on any atom is -0.355 e. The number of carbonyl (C=O) groups is 1. The summed E-state index contributed by atoms with van der Waals surface area (Å²) in [6, 6.07) is 0. The van der Waals surface area contributed by atoms with Gasteiger partial charge >= 0.3 is 0 Å². The lowest BCUT2D eigenvalue weighted by molar-refractivity contribution is -0.140. The van der Waals surface area contributed by atoms with Gasteiger partial charge in [-0.1, -0.05) is 6.92 Å². The highest BCUT2D eigenvalue weighted by Gasteiger charge is 2.48. The zero-order valence-corrected chi connectivity index (χ0v) is 15.7. The Morgan fingerprint density at radius 3 is 2.73 bits per heavy atom. The van der Waals surface area contributed by atoms with Crippen LogP contribution in [0.2, 0.25) is 0 Å². The van der Waals surface area contributed by atoms with Crippen LogP contribution in [-0.4, -0.2) is 50.4 Å². The number of aromatic amines is 1. The van der Waals surface area contributed by atoms with Crippen molar-refractivity contribution in [3.05, 3.63) is 35.3 Å². The summed E-state index contributed by atoms with van der Waals surface area (Å²) < 4.78 is 0. The van der Waals surface area contributed by atoms with Crippen LogP contribution < -0.4 is 4.90 Å². The maximum atomic E-state index is 12.7. The zero-order valence-electron chi connectivity index (χ0n) is 15.7. The Hall–Kier alpha value is -2.44. The molecule has 2 aliphatic rings. The molecule has 0 atom stereocenters. The number of hydrogen-bond acceptors (Lipinski definition) is 5. The standard InChI is InChI=1S/C19H26N6O/c1-4-16(26)25-8-5-15-17(22-12-21-15)19(25)6-9-24(10-7-19)18-14(3)20-11-13(2)23-18/h11-12H,4-10H2,1-3H3,(H,21,22). The highest BCUT2D eigenvalue weighted by Crippen LogP contribution is 2.43. The molecule has 1 amide bonds. The number of aryl methyl sites for hydroxylation is 2. The Balaban J connectivity index is 1.65. The Labute approximate surface area is 153 Å². The summed E-state index contributed by atoms with van der Waals surface area (Å²) in [5.41, 5.74) is 3.85. The van der Waals surface area contributed by atoms with E-state index in [1.54, 1.807) is 6.33 Å². The monoisotopic (exact) mass is 354 g/mol. The number of nitrogens with one attached hydrogen (secondary N) is 1. The Morgan fingerprint density at radius 1 is 1.23 bits per heavy atom. The molecule has 0 aliphatic carbocycles. The number of piperidine rings is 1. The second kappa shape index (κ2) is 6.37. The number of carbonyl (C=O) groups excluding carboxylic acids is 1. The molecule has 0 unspecified atom stereocenters. The largest absolute Gasteiger partial charge is 0.355 e. The number of aromatic nitrogens is 4. The van der Waals surface area contributed by atoms with Crippen molar-refractivity contribution in [2.45, 2.75) is 52.0 Å². The van der Waals surface area contributed by atoms with Crippen LogP contribution >= 0.6 is 0 Å². The fraction of sp³-hybridized carbons (Fsp3) is 0.579. The number of nitrogens with zero attached hydrogens (tertiary/aromatic N) is 5. The number of rotatable bonds is 2. The van der Waals surface area contributed by atoms with E-state index in [1.807, 2.05) is 27.0 Å². The predicted octanol–water partition coefficient (Wildman–Crippen LogP) is 2.11. The average molecular weight is 354 g/mol. The molecule has 26 heavy (non-hydrogen) atoms. The van der Waals surface area contributed by atoms with Crippen LogP contribution in [0.5, 0.6) is 0 Å². The van der Waals surface area contributed by atoms with Crippen LogP contribution in [0.3, 0.4) is 0 Å². The van der Waals surface area contributed by atoms with Crippen LogP contribution in [-0.2, 0) is 16.8 Å². The van der Waals surface area contributed by atoms with Crippen LogP contribution in [0.1, 0.15) is 49.0 Å². The molecule has 4 heterocycles. The molecular formula is C19H26N6O. The first-order valence-electron chi connectivity index (χ1n) is 9.43. The van der Waals surface area contributed by atoms with E-state index in [9.17, 15) is 4.79 Å². The van der Waals surface area contributed by atoms with Crippen molar-refractivity contribution >= 4 is 11.7 Å². The van der Waals surface area contributed by atoms with Crippen molar-refractivity contribution in [2.75, 3.05) is 24.5 Å². The van der Waals surface area contributed by atoms with Gasteiger partial charge in [-0.05, 0) is 26.7 Å². The summed E-state index contributed by atoms with van der Waals surface area (Å²) >= 11 is 0. The second-order valence-corrected chi connectivity index (χ2v) is 7.32. The first kappa shape index (κ1) is 17.0. The van der Waals surface area contributed by atoms with Gasteiger partial charge in [0.25, 0.3) is 0 Å². The molecule has 138 valence electrons. The third kappa shape index (κ3) is 2.57. The zero-order chi connectivity index (χ0) is 18.3. The molecule has 2 aliphatic heterocycles. The number of anilines is 1. The predicted molar refractivity (Wildman–Crippen MR) is 98.9 cm³/mol. The molecule has 4 rings (SSSR count). The van der Waals surface area contributed by atoms with E-state index in [2.05, 4.69) is 24.8 Å². The van der Waals surface area contributed by atoms with Gasteiger partial charge in [0.15, 0.2) is 0 Å². The quantitative estimate of drug-likeness (QED) is 0.894. The van der Waals surface area contributed by atoms with Crippen LogP contribution in [0, 0.1) is 13.8 Å². The second-order valence-electron chi connectivity index (χ2n) is 7.32. The van der Waals surface area contributed by atoms with E-state index in [1.165, 1.54) is 5.69 Å². The SMILES string of the molecule is CCC(=O)N1CCc2[nH]cnc2C12CCN(c1nc(C)cnc1C)CC2. The molecule has 7 nitrogen and oxygen atoms in total. The number of hydrogen-bond donors (Lipinski definition) is 1. The molecule has 0 aromatic carbocycles. The molecular weight excluding hydrogens is 328 g/mol. The molecule has 2 aromatic heterocycles. The van der Waals surface area contributed by atoms with Gasteiger partial charge in [0.2, 0.25) is 5.91 Å². The van der Waals surface area contributed by atoms with Gasteiger partial charge in [-0.25, -0.2) is 9.97 Å². The van der Waals surface area contributed by atoms with E-state index in [0.717, 1.165) is 61.8 Å². The summed E-state index contributed by atoms with van der Waals surface area (Å²) in [6.45, 7) is 8.38. The minimum absolute atomic E-state index is 0.221. The summed E-state index contributed by atoms with van der Waals surface area (Å²) in [5.74, 6) is 1.19. The molecule has 1 N–H and O–H groups in total. The van der Waals surface area contributed by atoms with Crippen molar-refractivity contribution in [1.82, 2.24) is 24.8 Å². The highest BCUT2D eigenvalue weighted by molar-refractivity contribution is 5.77. The van der Waals surface area contributed by atoms with Gasteiger partial charge in [0, 0.05) is 44.4 Å². The highest BCUT2D eigenvalue weighted by atomic mass is 16.2. The number of amides is 1. The molecule has 1 spiro atoms. The van der Waals surface area contributed by atoms with E-state index < -0.39 is 0 Å². The fourth-order valence-corrected chi connectivity index (χ4v) is 4.45. The van der Waals surface area contributed by atoms with Gasteiger partial charge in [-0.2, -0.15) is 0 Å². The summed E-state index contributed by atoms with van der Waals surface area (Å²) in [6.07, 6.45) is 6.71. The number of H-pyrrole nitrogens is 1. The molecule has 2 aromatic rings. The van der Waals surface area contributed by atoms with Crippen molar-refractivity contribution < 1.29 is 4.79 Å². The first-order valence-corrected chi connectivity index (χ1v) is 9.43. The molecule has 1 saturated heterocycles. The van der Waals surface area contributed by atoms with E-state index in [4.69, 9.17) is 4.98 Å². The molecule has 1 fully saturated rings. The van der Waals surface area contributed by atoms with Crippen LogP contribution in [0.4, 0.5) is 5.82 Å². The summed E-state index contributed by atoms with van der Waals surface area (Å²) in [7, 11) is 0. The topological polar surface area (TPSA) is 78.0 Å². The van der Waals surface area contributed by atoms with Gasteiger partial charge in [0.05, 0.1) is 28.9 Å². The lowest BCUT2D eigenvalue weighted by Gasteiger charge is -2.50. The Kier molecular flexibility index (Phi) is 4.17. The van der Waals surface area contributed by atoms with E-state index >= 15 is 0 Å². The van der Waals surface area contributed by atoms with Crippen molar-refractivity contribution in [1.29, 1.82) is 0 Å². The van der Waals surface area contributed by atoms with Crippen molar-refractivity contribution in [3.8, 4) is 0 Å². The van der Waals surface area contributed by atoms with Gasteiger partial charge in [0.1, 0.15) is 5.82 Å². The maximum Gasteiger partial charge on any atom is 0.223 e. The molecule has 0 saturated carbocycles. The van der Waals surface area contributed by atoms with Crippen LogP contribution in [0.15, 0.2) is 12.5 Å². The van der Waals surface area contributed by atoms with E-state index in [-0.39, 0.29) is 11.4 Å². The summed E-state index contributed by atoms with van der Waals surface area (Å²) in [5, 5.41) is 0. The normalized spacial score (nSPS) is 18.9. The van der Waals surface area contributed by atoms with E-state index in [0.29, 0.717) is 6.42 Å². The molecule has 0 bridgehead atoms. The van der Waals surface area contributed by atoms with Crippen molar-refractivity contribution in [3.63, 3.8) is 0 Å². The Bertz CT molecular complexity index is 821. The van der Waals surface area contributed by atoms with Crippen molar-refractivity contribution in [2.24, 2.45) is 0 Å². The lowest BCUT2D eigenvalue weighted by Crippen LogP contribution is -2.58. The third-order valence-corrected chi connectivity index (χ3v) is 5.81. The average Bonchev–Trinajstić information content (AvgIpc) is 3.14.